The average Bonchev–Trinajstić information content (AvgIpc) is 2.46. The zero-order valence-electron chi connectivity index (χ0n) is 13.7. The van der Waals surface area contributed by atoms with Crippen LogP contribution in [0.4, 0.5) is 4.79 Å². The van der Waals surface area contributed by atoms with Crippen molar-refractivity contribution < 1.29 is 24.2 Å². The number of benzene rings is 1. The van der Waals surface area contributed by atoms with Gasteiger partial charge in [0, 0.05) is 0 Å². The third-order valence-electron chi connectivity index (χ3n) is 3.80. The number of ether oxygens (including phenoxy) is 2. The van der Waals surface area contributed by atoms with Gasteiger partial charge in [0.15, 0.2) is 0 Å². The molecule has 1 heterocycles. The van der Waals surface area contributed by atoms with E-state index in [0.29, 0.717) is 6.61 Å². The van der Waals surface area contributed by atoms with Gasteiger partial charge in [0.2, 0.25) is 0 Å². The lowest BCUT2D eigenvalue weighted by atomic mass is 9.83. The molecule has 2 amide bonds. The van der Waals surface area contributed by atoms with Crippen LogP contribution in [0, 0.1) is 5.41 Å². The predicted octanol–water partition coefficient (Wildman–Crippen LogP) is 2.52. The molecule has 126 valence electrons. The Bertz CT molecular complexity index is 552. The second kappa shape index (κ2) is 7.10. The third kappa shape index (κ3) is 4.30. The number of morpholine rings is 1. The molecule has 0 bridgehead atoms. The highest BCUT2D eigenvalue weighted by molar-refractivity contribution is 5.93. The number of hydrogen-bond donors (Lipinski definition) is 1. The first-order chi connectivity index (χ1) is 10.8. The molecule has 0 spiro atoms. The monoisotopic (exact) mass is 321 g/mol. The summed E-state index contributed by atoms with van der Waals surface area (Å²) in [6.45, 7) is 6.11. The number of hydrogen-bond acceptors (Lipinski definition) is 4. The van der Waals surface area contributed by atoms with Crippen LogP contribution in [0.15, 0.2) is 30.3 Å². The van der Waals surface area contributed by atoms with Crippen molar-refractivity contribution in [3.8, 4) is 0 Å². The van der Waals surface area contributed by atoms with Crippen LogP contribution in [-0.2, 0) is 20.9 Å². The maximum Gasteiger partial charge on any atom is 0.414 e. The Kier molecular flexibility index (Phi) is 5.38. The molecule has 1 N–H and O–H groups in total. The van der Waals surface area contributed by atoms with E-state index >= 15 is 0 Å². The molecule has 0 saturated carbocycles. The van der Waals surface area contributed by atoms with E-state index in [4.69, 9.17) is 9.47 Å². The molecule has 2 rings (SSSR count). The smallest absolute Gasteiger partial charge is 0.414 e. The van der Waals surface area contributed by atoms with Crippen LogP contribution in [-0.4, -0.2) is 47.4 Å². The van der Waals surface area contributed by atoms with Crippen LogP contribution in [0.25, 0.3) is 0 Å². The van der Waals surface area contributed by atoms with Gasteiger partial charge in [-0.05, 0) is 11.0 Å². The minimum Gasteiger partial charge on any atom is -0.465 e. The van der Waals surface area contributed by atoms with Crippen LogP contribution < -0.4 is 0 Å². The highest BCUT2D eigenvalue weighted by Crippen LogP contribution is 2.31. The van der Waals surface area contributed by atoms with Crippen LogP contribution >= 0.6 is 0 Å². The molecule has 23 heavy (non-hydrogen) atoms. The number of imide groups is 1. The van der Waals surface area contributed by atoms with Crippen LogP contribution in [0.2, 0.25) is 0 Å². The maximum atomic E-state index is 11.9. The molecule has 1 aliphatic heterocycles. The Morgan fingerprint density at radius 2 is 2.00 bits per heavy atom. The van der Waals surface area contributed by atoms with Crippen molar-refractivity contribution in [2.45, 2.75) is 39.5 Å². The van der Waals surface area contributed by atoms with E-state index in [1.807, 2.05) is 51.1 Å². The summed E-state index contributed by atoms with van der Waals surface area (Å²) in [5.41, 5.74) is 0.680. The van der Waals surface area contributed by atoms with E-state index in [0.717, 1.165) is 10.5 Å². The summed E-state index contributed by atoms with van der Waals surface area (Å²) in [7, 11) is 0. The first-order valence-corrected chi connectivity index (χ1v) is 7.59. The lowest BCUT2D eigenvalue weighted by Crippen LogP contribution is -2.61. The second-order valence-corrected chi connectivity index (χ2v) is 6.71. The van der Waals surface area contributed by atoms with E-state index in [1.165, 1.54) is 0 Å². The fourth-order valence-electron chi connectivity index (χ4n) is 2.77. The van der Waals surface area contributed by atoms with Gasteiger partial charge in [-0.1, -0.05) is 51.1 Å². The Morgan fingerprint density at radius 1 is 1.35 bits per heavy atom. The van der Waals surface area contributed by atoms with Gasteiger partial charge in [-0.3, -0.25) is 4.79 Å². The number of amides is 2. The second-order valence-electron chi connectivity index (χ2n) is 6.71. The third-order valence-corrected chi connectivity index (χ3v) is 3.80. The molecule has 0 radical (unpaired) electrons. The van der Waals surface area contributed by atoms with E-state index in [-0.39, 0.29) is 18.6 Å². The number of nitrogens with zero attached hydrogens (tertiary/aromatic N) is 1. The number of rotatable bonds is 4. The highest BCUT2D eigenvalue weighted by Gasteiger charge is 2.45. The van der Waals surface area contributed by atoms with Crippen molar-refractivity contribution in [1.29, 1.82) is 0 Å². The molecule has 0 aromatic heterocycles. The van der Waals surface area contributed by atoms with Crippen molar-refractivity contribution >= 4 is 12.0 Å². The Balaban J connectivity index is 2.10. The first kappa shape index (κ1) is 17.4. The molecule has 6 nitrogen and oxygen atoms in total. The molecule has 1 aromatic rings. The van der Waals surface area contributed by atoms with Crippen molar-refractivity contribution in [3.63, 3.8) is 0 Å². The topological polar surface area (TPSA) is 76.1 Å². The number of carbonyl (C=O) groups is 2. The molecule has 0 aliphatic carbocycles. The van der Waals surface area contributed by atoms with E-state index in [9.17, 15) is 14.7 Å². The van der Waals surface area contributed by atoms with Crippen molar-refractivity contribution in [2.24, 2.45) is 5.41 Å². The quantitative estimate of drug-likeness (QED) is 0.922. The van der Waals surface area contributed by atoms with Gasteiger partial charge in [0.05, 0.1) is 25.4 Å². The van der Waals surface area contributed by atoms with E-state index in [2.05, 4.69) is 0 Å². The zero-order chi connectivity index (χ0) is 17.0. The summed E-state index contributed by atoms with van der Waals surface area (Å²) in [6, 6.07) is 8.94. The summed E-state index contributed by atoms with van der Waals surface area (Å²) in [6.07, 6.45) is -1.67. The van der Waals surface area contributed by atoms with Gasteiger partial charge in [-0.25, -0.2) is 9.69 Å². The minimum atomic E-state index is -1.26. The van der Waals surface area contributed by atoms with Crippen molar-refractivity contribution in [3.05, 3.63) is 35.9 Å². The normalized spacial score (nSPS) is 22.2. The largest absolute Gasteiger partial charge is 0.465 e. The van der Waals surface area contributed by atoms with Gasteiger partial charge < -0.3 is 14.6 Å². The molecule has 1 fully saturated rings. The van der Waals surface area contributed by atoms with Crippen molar-refractivity contribution in [1.82, 2.24) is 4.90 Å². The zero-order valence-corrected chi connectivity index (χ0v) is 13.7. The standard InChI is InChI=1S/C17H23NO5/c1-17(2,3)15-13(18(16(20)21)14(19)11-23-15)10-22-9-12-7-5-4-6-8-12/h4-8,13,15H,9-11H2,1-3H3,(H,20,21)/t13?,15-/m1/s1. The molecule has 6 heteroatoms. The summed E-state index contributed by atoms with van der Waals surface area (Å²) in [5, 5.41) is 9.37. The van der Waals surface area contributed by atoms with Gasteiger partial charge >= 0.3 is 6.09 Å². The van der Waals surface area contributed by atoms with Gasteiger partial charge in [-0.2, -0.15) is 0 Å². The molecule has 2 atom stereocenters. The molecule has 1 saturated heterocycles. The van der Waals surface area contributed by atoms with E-state index in [1.54, 1.807) is 0 Å². The van der Waals surface area contributed by atoms with Crippen LogP contribution in [0.1, 0.15) is 26.3 Å². The Hall–Kier alpha value is -1.92. The van der Waals surface area contributed by atoms with E-state index < -0.39 is 24.1 Å². The SMILES string of the molecule is CC(C)(C)[C@@H]1OCC(=O)N(C(=O)O)C1COCc1ccccc1. The molecule has 1 aromatic carbocycles. The summed E-state index contributed by atoms with van der Waals surface area (Å²) >= 11 is 0. The lowest BCUT2D eigenvalue weighted by molar-refractivity contribution is -0.167. The van der Waals surface area contributed by atoms with Crippen LogP contribution in [0.3, 0.4) is 0 Å². The van der Waals surface area contributed by atoms with Gasteiger partial charge in [-0.15, -0.1) is 0 Å². The van der Waals surface area contributed by atoms with Crippen LogP contribution in [0.5, 0.6) is 0 Å². The molecule has 1 unspecified atom stereocenters. The molecular weight excluding hydrogens is 298 g/mol. The molecule has 1 aliphatic rings. The summed E-state index contributed by atoms with van der Waals surface area (Å²) < 4.78 is 11.3. The van der Waals surface area contributed by atoms with Gasteiger partial charge in [0.1, 0.15) is 6.61 Å². The number of carbonyl (C=O) groups excluding carboxylic acids is 1. The summed E-state index contributed by atoms with van der Waals surface area (Å²) in [4.78, 5) is 24.2. The average molecular weight is 321 g/mol. The number of carboxylic acid groups (broad SMARTS) is 1. The first-order valence-electron chi connectivity index (χ1n) is 7.59. The minimum absolute atomic E-state index is 0.106. The lowest BCUT2D eigenvalue weighted by Gasteiger charge is -2.43. The Labute approximate surface area is 136 Å². The maximum absolute atomic E-state index is 11.9. The Morgan fingerprint density at radius 3 is 2.57 bits per heavy atom. The fourth-order valence-corrected chi connectivity index (χ4v) is 2.77. The van der Waals surface area contributed by atoms with Gasteiger partial charge in [0.25, 0.3) is 5.91 Å². The predicted molar refractivity (Wildman–Crippen MR) is 84.0 cm³/mol. The van der Waals surface area contributed by atoms with Crippen molar-refractivity contribution in [2.75, 3.05) is 13.2 Å². The summed E-state index contributed by atoms with van der Waals surface area (Å²) in [5.74, 6) is -0.550. The fraction of sp³-hybridized carbons (Fsp3) is 0.529. The highest BCUT2D eigenvalue weighted by atomic mass is 16.5. The molecular formula is C17H23NO5.